The second-order valence-corrected chi connectivity index (χ2v) is 6.92. The minimum absolute atomic E-state index is 0.0847. The van der Waals surface area contributed by atoms with Gasteiger partial charge in [0.2, 0.25) is 5.91 Å². The van der Waals surface area contributed by atoms with Gasteiger partial charge in [-0.05, 0) is 28.1 Å². The predicted molar refractivity (Wildman–Crippen MR) is 103 cm³/mol. The lowest BCUT2D eigenvalue weighted by Crippen LogP contribution is -2.49. The number of anilines is 1. The summed E-state index contributed by atoms with van der Waals surface area (Å²) in [4.78, 5) is 36.7. The highest BCUT2D eigenvalue weighted by Crippen LogP contribution is 2.25. The molecule has 11 heteroatoms. The Bertz CT molecular complexity index is 887. The number of nitrogens with zero attached hydrogens (tertiary/aromatic N) is 1. The molecular weight excluding hydrogens is 440 g/mol. The van der Waals surface area contributed by atoms with Crippen molar-refractivity contribution in [3.8, 4) is 0 Å². The second-order valence-electron chi connectivity index (χ2n) is 5.72. The largest absolute Gasteiger partial charge is 0.353 e. The Morgan fingerprint density at radius 3 is 2.78 bits per heavy atom. The number of halogens is 2. The van der Waals surface area contributed by atoms with Crippen LogP contribution in [-0.2, 0) is 4.79 Å². The zero-order chi connectivity index (χ0) is 19.4. The van der Waals surface area contributed by atoms with E-state index in [-0.39, 0.29) is 27.5 Å². The molecule has 2 heterocycles. The van der Waals surface area contributed by atoms with Gasteiger partial charge in [-0.25, -0.2) is 0 Å². The van der Waals surface area contributed by atoms with Crippen LogP contribution in [0.4, 0.5) is 5.82 Å². The fraction of sp³-hybridized carbons (Fsp3) is 0.250. The van der Waals surface area contributed by atoms with Gasteiger partial charge in [0.1, 0.15) is 11.7 Å². The predicted octanol–water partition coefficient (Wildman–Crippen LogP) is 0.896. The third kappa shape index (κ3) is 4.46. The van der Waals surface area contributed by atoms with E-state index < -0.39 is 17.9 Å². The Hall–Kier alpha value is -2.43. The number of aromatic nitrogens is 2. The molecule has 27 heavy (non-hydrogen) atoms. The molecule has 3 rings (SSSR count). The van der Waals surface area contributed by atoms with E-state index in [4.69, 9.17) is 11.6 Å². The maximum Gasteiger partial charge on any atom is 0.271 e. The van der Waals surface area contributed by atoms with Crippen LogP contribution in [-0.4, -0.2) is 53.6 Å². The summed E-state index contributed by atoms with van der Waals surface area (Å²) in [5, 5.41) is 17.7. The second kappa shape index (κ2) is 8.51. The normalized spacial score (nSPS) is 17.0. The number of aromatic amines is 1. The molecule has 1 aromatic carbocycles. The molecule has 1 saturated heterocycles. The van der Waals surface area contributed by atoms with Crippen molar-refractivity contribution in [1.82, 2.24) is 26.1 Å². The number of benzene rings is 1. The molecule has 0 bridgehead atoms. The zero-order valence-electron chi connectivity index (χ0n) is 13.9. The van der Waals surface area contributed by atoms with Gasteiger partial charge in [0.15, 0.2) is 5.82 Å². The number of amides is 3. The Morgan fingerprint density at radius 2 is 2.00 bits per heavy atom. The van der Waals surface area contributed by atoms with Gasteiger partial charge in [-0.15, -0.1) is 0 Å². The van der Waals surface area contributed by atoms with Crippen LogP contribution in [0, 0.1) is 0 Å². The van der Waals surface area contributed by atoms with Crippen molar-refractivity contribution >= 4 is 51.1 Å². The van der Waals surface area contributed by atoms with Crippen molar-refractivity contribution in [3.63, 3.8) is 0 Å². The molecule has 2 aromatic rings. The number of rotatable bonds is 4. The number of nitrogens with one attached hydrogen (secondary N) is 5. The highest BCUT2D eigenvalue weighted by atomic mass is 79.9. The average molecular weight is 456 g/mol. The molecule has 1 atom stereocenters. The fourth-order valence-electron chi connectivity index (χ4n) is 2.47. The highest BCUT2D eigenvalue weighted by Gasteiger charge is 2.26. The summed E-state index contributed by atoms with van der Waals surface area (Å²) < 4.78 is 0.266. The highest BCUT2D eigenvalue weighted by molar-refractivity contribution is 9.10. The smallest absolute Gasteiger partial charge is 0.271 e. The van der Waals surface area contributed by atoms with Crippen LogP contribution < -0.4 is 21.3 Å². The van der Waals surface area contributed by atoms with Crippen molar-refractivity contribution in [2.75, 3.05) is 25.0 Å². The standard InChI is InChI=1S/C16H16BrClN6O3/c17-11-12(16(27)21-10-7-19-5-6-20-15(10)26)23-24-13(11)22-14(25)8-3-1-2-4-9(8)18/h1-4,10,19H,5-7H2,(H,20,26)(H,21,27)(H2,22,23,24,25). The molecule has 1 fully saturated rings. The first-order valence-electron chi connectivity index (χ1n) is 8.06. The van der Waals surface area contributed by atoms with Gasteiger partial charge in [-0.1, -0.05) is 23.7 Å². The first-order valence-corrected chi connectivity index (χ1v) is 9.23. The lowest BCUT2D eigenvalue weighted by molar-refractivity contribution is -0.122. The summed E-state index contributed by atoms with van der Waals surface area (Å²) in [5.74, 6) is -1.13. The van der Waals surface area contributed by atoms with E-state index in [0.717, 1.165) is 0 Å². The molecule has 1 aromatic heterocycles. The van der Waals surface area contributed by atoms with Crippen LogP contribution in [0.2, 0.25) is 5.02 Å². The van der Waals surface area contributed by atoms with Crippen LogP contribution in [0.5, 0.6) is 0 Å². The molecule has 0 saturated carbocycles. The monoisotopic (exact) mass is 454 g/mol. The number of hydrogen-bond acceptors (Lipinski definition) is 5. The third-order valence-corrected chi connectivity index (χ3v) is 4.96. The minimum atomic E-state index is -0.712. The Labute approximate surface area is 167 Å². The van der Waals surface area contributed by atoms with Crippen molar-refractivity contribution in [2.45, 2.75) is 6.04 Å². The van der Waals surface area contributed by atoms with E-state index in [0.29, 0.717) is 24.7 Å². The molecule has 0 aliphatic carbocycles. The van der Waals surface area contributed by atoms with Crippen LogP contribution in [0.15, 0.2) is 28.7 Å². The summed E-state index contributed by atoms with van der Waals surface area (Å²) in [6.07, 6.45) is 0. The third-order valence-electron chi connectivity index (χ3n) is 3.86. The Morgan fingerprint density at radius 1 is 1.22 bits per heavy atom. The van der Waals surface area contributed by atoms with Crippen LogP contribution in [0.25, 0.3) is 0 Å². The molecule has 142 valence electrons. The minimum Gasteiger partial charge on any atom is -0.353 e. The van der Waals surface area contributed by atoms with E-state index in [9.17, 15) is 14.4 Å². The number of carbonyl (C=O) groups excluding carboxylic acids is 3. The van der Waals surface area contributed by atoms with E-state index in [1.807, 2.05) is 0 Å². The van der Waals surface area contributed by atoms with Crippen molar-refractivity contribution in [1.29, 1.82) is 0 Å². The molecule has 5 N–H and O–H groups in total. The van der Waals surface area contributed by atoms with E-state index in [1.54, 1.807) is 24.3 Å². The van der Waals surface area contributed by atoms with Gasteiger partial charge < -0.3 is 21.3 Å². The summed E-state index contributed by atoms with van der Waals surface area (Å²) >= 11 is 9.26. The Kier molecular flexibility index (Phi) is 6.09. The van der Waals surface area contributed by atoms with Gasteiger partial charge in [-0.2, -0.15) is 5.10 Å². The molecular formula is C16H16BrClN6O3. The lowest BCUT2D eigenvalue weighted by Gasteiger charge is -2.14. The van der Waals surface area contributed by atoms with Crippen molar-refractivity contribution in [2.24, 2.45) is 0 Å². The molecule has 1 aliphatic heterocycles. The SMILES string of the molecule is O=C(Nc1n[nH]c(C(=O)NC2CNCCNC2=O)c1Br)c1ccccc1Cl. The first-order chi connectivity index (χ1) is 13.0. The maximum absolute atomic E-state index is 12.5. The quantitative estimate of drug-likeness (QED) is 0.468. The molecule has 1 unspecified atom stereocenters. The first kappa shape index (κ1) is 19.3. The number of carbonyl (C=O) groups is 3. The van der Waals surface area contributed by atoms with E-state index in [1.165, 1.54) is 0 Å². The molecule has 3 amide bonds. The van der Waals surface area contributed by atoms with Crippen LogP contribution in [0.1, 0.15) is 20.8 Å². The lowest BCUT2D eigenvalue weighted by atomic mass is 10.2. The van der Waals surface area contributed by atoms with Gasteiger partial charge in [-0.3, -0.25) is 19.5 Å². The van der Waals surface area contributed by atoms with E-state index >= 15 is 0 Å². The topological polar surface area (TPSA) is 128 Å². The number of hydrogen-bond donors (Lipinski definition) is 5. The molecule has 0 radical (unpaired) electrons. The van der Waals surface area contributed by atoms with Gasteiger partial charge in [0.05, 0.1) is 15.1 Å². The van der Waals surface area contributed by atoms with Gasteiger partial charge >= 0.3 is 0 Å². The van der Waals surface area contributed by atoms with Gasteiger partial charge in [0, 0.05) is 19.6 Å². The van der Waals surface area contributed by atoms with Crippen LogP contribution >= 0.6 is 27.5 Å². The summed E-state index contributed by atoms with van der Waals surface area (Å²) in [6, 6.07) is 5.86. The van der Waals surface area contributed by atoms with Crippen molar-refractivity contribution < 1.29 is 14.4 Å². The fourth-order valence-corrected chi connectivity index (χ4v) is 3.14. The summed E-state index contributed by atoms with van der Waals surface area (Å²) in [5.41, 5.74) is 0.364. The summed E-state index contributed by atoms with van der Waals surface area (Å²) in [7, 11) is 0. The maximum atomic E-state index is 12.5. The number of H-pyrrole nitrogens is 1. The Balaban J connectivity index is 1.71. The average Bonchev–Trinajstić information content (AvgIpc) is 2.88. The van der Waals surface area contributed by atoms with Gasteiger partial charge in [0.25, 0.3) is 11.8 Å². The summed E-state index contributed by atoms with van der Waals surface area (Å²) in [6.45, 7) is 1.45. The van der Waals surface area contributed by atoms with E-state index in [2.05, 4.69) is 47.4 Å². The van der Waals surface area contributed by atoms with Crippen LogP contribution in [0.3, 0.4) is 0 Å². The van der Waals surface area contributed by atoms with Crippen molar-refractivity contribution in [3.05, 3.63) is 45.0 Å². The molecule has 9 nitrogen and oxygen atoms in total. The molecule has 0 spiro atoms. The zero-order valence-corrected chi connectivity index (χ0v) is 16.3. The molecule has 1 aliphatic rings.